The summed E-state index contributed by atoms with van der Waals surface area (Å²) < 4.78 is 3.40. The van der Waals surface area contributed by atoms with Crippen LogP contribution in [0.15, 0.2) is 49.2 Å². The predicted octanol–water partition coefficient (Wildman–Crippen LogP) is 1.69. The molecule has 0 aromatic carbocycles. The Morgan fingerprint density at radius 1 is 1.09 bits per heavy atom. The smallest absolute Gasteiger partial charge is 0.170 e. The Morgan fingerprint density at radius 2 is 2.05 bits per heavy atom. The number of nitrogens with one attached hydrogen (secondary N) is 1. The average Bonchev–Trinajstić information content (AvgIpc) is 3.15. The number of hydrogen-bond acceptors (Lipinski definition) is 6. The van der Waals surface area contributed by atoms with Gasteiger partial charge in [0.15, 0.2) is 17.3 Å². The fourth-order valence-electron chi connectivity index (χ4n) is 2.19. The molecule has 108 valence electrons. The van der Waals surface area contributed by atoms with E-state index < -0.39 is 0 Å². The Labute approximate surface area is 125 Å². The molecule has 8 heteroatoms. The Kier molecular flexibility index (Phi) is 2.78. The summed E-state index contributed by atoms with van der Waals surface area (Å²) in [5, 5.41) is 12.6. The standard InChI is InChI=1S/C14H12N8/c1-21-7-5-11(20-21)19-13-10-8-18-22(14(10)17-9-16-13)12-4-2-3-6-15-12/h2-9H,1H3,(H,16,17,19,20). The molecular formula is C14H12N8. The SMILES string of the molecule is Cn1ccc(Nc2ncnc3c2cnn3-c2ccccn2)n1. The Bertz CT molecular complexity index is 924. The molecule has 4 rings (SSSR count). The van der Waals surface area contributed by atoms with Gasteiger partial charge < -0.3 is 5.32 Å². The maximum Gasteiger partial charge on any atom is 0.170 e. The van der Waals surface area contributed by atoms with Crippen LogP contribution in [0.1, 0.15) is 0 Å². The van der Waals surface area contributed by atoms with E-state index in [0.29, 0.717) is 23.1 Å². The highest BCUT2D eigenvalue weighted by Crippen LogP contribution is 2.23. The highest BCUT2D eigenvalue weighted by atomic mass is 15.3. The van der Waals surface area contributed by atoms with Crippen LogP contribution in [0.2, 0.25) is 0 Å². The molecule has 0 bridgehead atoms. The summed E-state index contributed by atoms with van der Waals surface area (Å²) in [6.45, 7) is 0. The van der Waals surface area contributed by atoms with Gasteiger partial charge in [-0.3, -0.25) is 4.68 Å². The first kappa shape index (κ1) is 12.5. The molecule has 4 aromatic heterocycles. The van der Waals surface area contributed by atoms with E-state index in [4.69, 9.17) is 0 Å². The Morgan fingerprint density at radius 3 is 2.82 bits per heavy atom. The zero-order valence-electron chi connectivity index (χ0n) is 11.7. The number of hydrogen-bond donors (Lipinski definition) is 1. The lowest BCUT2D eigenvalue weighted by Gasteiger charge is -2.04. The van der Waals surface area contributed by atoms with Crippen LogP contribution in [0.4, 0.5) is 11.6 Å². The number of nitrogens with zero attached hydrogens (tertiary/aromatic N) is 7. The average molecular weight is 292 g/mol. The number of rotatable bonds is 3. The van der Waals surface area contributed by atoms with Crippen LogP contribution in [-0.4, -0.2) is 34.5 Å². The highest BCUT2D eigenvalue weighted by Gasteiger charge is 2.12. The number of fused-ring (bicyclic) bond motifs is 1. The number of anilines is 2. The number of aromatic nitrogens is 7. The molecule has 0 aliphatic rings. The number of aryl methyl sites for hydroxylation is 1. The first-order valence-corrected chi connectivity index (χ1v) is 6.68. The quantitative estimate of drug-likeness (QED) is 0.618. The summed E-state index contributed by atoms with van der Waals surface area (Å²) in [7, 11) is 1.86. The second-order valence-electron chi connectivity index (χ2n) is 4.70. The third-order valence-corrected chi connectivity index (χ3v) is 3.19. The zero-order chi connectivity index (χ0) is 14.9. The summed E-state index contributed by atoms with van der Waals surface area (Å²) in [5.74, 6) is 2.08. The van der Waals surface area contributed by atoms with Crippen molar-refractivity contribution in [2.75, 3.05) is 5.32 Å². The van der Waals surface area contributed by atoms with Crippen molar-refractivity contribution in [3.8, 4) is 5.82 Å². The molecule has 0 aliphatic carbocycles. The molecule has 1 N–H and O–H groups in total. The van der Waals surface area contributed by atoms with Gasteiger partial charge in [-0.25, -0.2) is 15.0 Å². The van der Waals surface area contributed by atoms with Crippen molar-refractivity contribution in [2.45, 2.75) is 0 Å². The summed E-state index contributed by atoms with van der Waals surface area (Å²) >= 11 is 0. The van der Waals surface area contributed by atoms with Crippen LogP contribution in [0.25, 0.3) is 16.9 Å². The molecule has 0 fully saturated rings. The van der Waals surface area contributed by atoms with Gasteiger partial charge in [0.05, 0.1) is 11.6 Å². The molecule has 22 heavy (non-hydrogen) atoms. The van der Waals surface area contributed by atoms with Gasteiger partial charge in [-0.05, 0) is 12.1 Å². The zero-order valence-corrected chi connectivity index (χ0v) is 11.7. The maximum atomic E-state index is 4.36. The molecule has 0 atom stereocenters. The van der Waals surface area contributed by atoms with Gasteiger partial charge in [0.2, 0.25) is 0 Å². The molecule has 0 spiro atoms. The molecule has 4 aromatic rings. The second-order valence-corrected chi connectivity index (χ2v) is 4.70. The third-order valence-electron chi connectivity index (χ3n) is 3.19. The summed E-state index contributed by atoms with van der Waals surface area (Å²) in [5.41, 5.74) is 0.687. The van der Waals surface area contributed by atoms with Crippen molar-refractivity contribution >= 4 is 22.7 Å². The highest BCUT2D eigenvalue weighted by molar-refractivity contribution is 5.88. The lowest BCUT2D eigenvalue weighted by molar-refractivity contribution is 0.771. The molecule has 4 heterocycles. The summed E-state index contributed by atoms with van der Waals surface area (Å²) in [4.78, 5) is 12.9. The first-order chi connectivity index (χ1) is 10.8. The van der Waals surface area contributed by atoms with Crippen molar-refractivity contribution < 1.29 is 0 Å². The molecule has 0 saturated heterocycles. The summed E-state index contributed by atoms with van der Waals surface area (Å²) in [6, 6.07) is 7.51. The van der Waals surface area contributed by atoms with E-state index in [-0.39, 0.29) is 0 Å². The maximum absolute atomic E-state index is 4.36. The van der Waals surface area contributed by atoms with Gasteiger partial charge in [0, 0.05) is 25.5 Å². The minimum Gasteiger partial charge on any atom is -0.323 e. The molecule has 0 amide bonds. The number of pyridine rings is 1. The van der Waals surface area contributed by atoms with E-state index in [1.54, 1.807) is 21.8 Å². The fraction of sp³-hybridized carbons (Fsp3) is 0.0714. The topological polar surface area (TPSA) is 86.3 Å². The molecule has 0 aliphatic heterocycles. The van der Waals surface area contributed by atoms with Crippen molar-refractivity contribution in [1.29, 1.82) is 0 Å². The van der Waals surface area contributed by atoms with Crippen molar-refractivity contribution in [2.24, 2.45) is 7.05 Å². The molecule has 8 nitrogen and oxygen atoms in total. The van der Waals surface area contributed by atoms with Gasteiger partial charge in [0.25, 0.3) is 0 Å². The van der Waals surface area contributed by atoms with E-state index in [1.165, 1.54) is 6.33 Å². The lowest BCUT2D eigenvalue weighted by Crippen LogP contribution is -2.01. The molecule has 0 radical (unpaired) electrons. The van der Waals surface area contributed by atoms with Gasteiger partial charge in [-0.2, -0.15) is 14.9 Å². The Hall–Kier alpha value is -3.29. The van der Waals surface area contributed by atoms with Crippen LogP contribution in [0, 0.1) is 0 Å². The molecule has 0 saturated carbocycles. The van der Waals surface area contributed by atoms with Crippen LogP contribution in [0.3, 0.4) is 0 Å². The van der Waals surface area contributed by atoms with Gasteiger partial charge in [0.1, 0.15) is 12.1 Å². The van der Waals surface area contributed by atoms with E-state index in [0.717, 1.165) is 5.39 Å². The minimum absolute atomic E-state index is 0.658. The van der Waals surface area contributed by atoms with Gasteiger partial charge in [-0.15, -0.1) is 0 Å². The molecule has 0 unspecified atom stereocenters. The lowest BCUT2D eigenvalue weighted by atomic mass is 10.4. The predicted molar refractivity (Wildman–Crippen MR) is 80.9 cm³/mol. The van der Waals surface area contributed by atoms with Crippen LogP contribution in [0.5, 0.6) is 0 Å². The van der Waals surface area contributed by atoms with E-state index >= 15 is 0 Å². The fourth-order valence-corrected chi connectivity index (χ4v) is 2.19. The minimum atomic E-state index is 0.658. The van der Waals surface area contributed by atoms with Crippen molar-refractivity contribution in [3.05, 3.63) is 49.2 Å². The van der Waals surface area contributed by atoms with Gasteiger partial charge in [-0.1, -0.05) is 6.07 Å². The summed E-state index contributed by atoms with van der Waals surface area (Å²) in [6.07, 6.45) is 6.79. The van der Waals surface area contributed by atoms with Crippen molar-refractivity contribution in [3.63, 3.8) is 0 Å². The first-order valence-electron chi connectivity index (χ1n) is 6.68. The van der Waals surface area contributed by atoms with E-state index in [2.05, 4.69) is 30.5 Å². The van der Waals surface area contributed by atoms with Gasteiger partial charge >= 0.3 is 0 Å². The van der Waals surface area contributed by atoms with Crippen LogP contribution >= 0.6 is 0 Å². The normalized spacial score (nSPS) is 11.0. The second kappa shape index (κ2) is 4.92. The van der Waals surface area contributed by atoms with E-state index in [1.807, 2.05) is 37.5 Å². The third kappa shape index (κ3) is 2.06. The van der Waals surface area contributed by atoms with Crippen LogP contribution in [-0.2, 0) is 7.05 Å². The van der Waals surface area contributed by atoms with Crippen LogP contribution < -0.4 is 5.32 Å². The largest absolute Gasteiger partial charge is 0.323 e. The Balaban J connectivity index is 1.80. The van der Waals surface area contributed by atoms with E-state index in [9.17, 15) is 0 Å². The van der Waals surface area contributed by atoms with Crippen molar-refractivity contribution in [1.82, 2.24) is 34.5 Å². The molecular weight excluding hydrogens is 280 g/mol. The monoisotopic (exact) mass is 292 g/mol.